The van der Waals surface area contributed by atoms with E-state index in [1.165, 1.54) is 22.9 Å². The molecule has 152 valence electrons. The molecule has 8 nitrogen and oxygen atoms in total. The number of amides is 2. The number of likely N-dealkylation sites (tertiary alicyclic amines) is 1. The molecular formula is C22H20N4O4. The summed E-state index contributed by atoms with van der Waals surface area (Å²) in [5, 5.41) is 21.2. The maximum absolute atomic E-state index is 13.1. The number of phenols is 2. The van der Waals surface area contributed by atoms with E-state index >= 15 is 0 Å². The summed E-state index contributed by atoms with van der Waals surface area (Å²) < 4.78 is 0. The van der Waals surface area contributed by atoms with Gasteiger partial charge in [-0.1, -0.05) is 30.3 Å². The van der Waals surface area contributed by atoms with Crippen molar-refractivity contribution >= 4 is 22.8 Å². The Morgan fingerprint density at radius 3 is 1.93 bits per heavy atom. The van der Waals surface area contributed by atoms with Crippen LogP contribution in [0.5, 0.6) is 11.5 Å². The van der Waals surface area contributed by atoms with Gasteiger partial charge in [0.25, 0.3) is 11.8 Å². The summed E-state index contributed by atoms with van der Waals surface area (Å²) in [7, 11) is 0. The van der Waals surface area contributed by atoms with Gasteiger partial charge in [0.15, 0.2) is 11.5 Å². The molecule has 1 fully saturated rings. The second kappa shape index (κ2) is 7.07. The van der Waals surface area contributed by atoms with Crippen molar-refractivity contribution in [3.63, 3.8) is 0 Å². The third-order valence-electron chi connectivity index (χ3n) is 5.91. The van der Waals surface area contributed by atoms with Gasteiger partial charge in [-0.15, -0.1) is 0 Å². The van der Waals surface area contributed by atoms with E-state index in [2.05, 4.69) is 27.0 Å². The Hall–Kier alpha value is -3.52. The van der Waals surface area contributed by atoms with Crippen LogP contribution in [0.3, 0.4) is 0 Å². The highest BCUT2D eigenvalue weighted by Crippen LogP contribution is 2.43. The number of hydrogen-bond donors (Lipinski definition) is 2. The van der Waals surface area contributed by atoms with Crippen LogP contribution < -0.4 is 0 Å². The fraction of sp³-hybridized carbons (Fsp3) is 0.273. The van der Waals surface area contributed by atoms with Crippen LogP contribution in [0.4, 0.5) is 0 Å². The zero-order valence-corrected chi connectivity index (χ0v) is 16.2. The summed E-state index contributed by atoms with van der Waals surface area (Å²) in [6.45, 7) is 2.31. The van der Waals surface area contributed by atoms with Crippen LogP contribution >= 0.6 is 0 Å². The van der Waals surface area contributed by atoms with Gasteiger partial charge in [0.2, 0.25) is 0 Å². The van der Waals surface area contributed by atoms with E-state index in [1.807, 2.05) is 18.2 Å². The highest BCUT2D eigenvalue weighted by molar-refractivity contribution is 6.26. The minimum atomic E-state index is -0.586. The lowest BCUT2D eigenvalue weighted by Crippen LogP contribution is -2.47. The van der Waals surface area contributed by atoms with Crippen LogP contribution in [0, 0.1) is 0 Å². The predicted molar refractivity (Wildman–Crippen MR) is 108 cm³/mol. The molecule has 0 unspecified atom stereocenters. The van der Waals surface area contributed by atoms with Crippen LogP contribution in [0.1, 0.15) is 39.1 Å². The van der Waals surface area contributed by atoms with E-state index in [1.54, 1.807) is 0 Å². The van der Waals surface area contributed by atoms with Gasteiger partial charge in [-0.3, -0.25) is 19.4 Å². The molecule has 2 aliphatic rings. The number of benzene rings is 2. The number of imide groups is 1. The van der Waals surface area contributed by atoms with Crippen molar-refractivity contribution in [3.8, 4) is 11.5 Å². The van der Waals surface area contributed by atoms with Gasteiger partial charge >= 0.3 is 0 Å². The summed E-state index contributed by atoms with van der Waals surface area (Å²) in [6, 6.07) is 9.87. The SMILES string of the molecule is O=C1c2c(c(O)c3nccnc3c2O)C(=O)N1C1CCN(Cc2ccccc2)CC1. The lowest BCUT2D eigenvalue weighted by Gasteiger charge is -2.35. The average Bonchev–Trinajstić information content (AvgIpc) is 3.04. The van der Waals surface area contributed by atoms with Crippen LogP contribution in [0.15, 0.2) is 42.7 Å². The Labute approximate surface area is 172 Å². The third kappa shape index (κ3) is 2.80. The first kappa shape index (κ1) is 18.5. The van der Waals surface area contributed by atoms with E-state index in [4.69, 9.17) is 0 Å². The number of carbonyl (C=O) groups is 2. The van der Waals surface area contributed by atoms with Crippen molar-refractivity contribution in [1.29, 1.82) is 0 Å². The monoisotopic (exact) mass is 404 g/mol. The Balaban J connectivity index is 1.39. The van der Waals surface area contributed by atoms with E-state index in [0.29, 0.717) is 12.8 Å². The Morgan fingerprint density at radius 2 is 1.40 bits per heavy atom. The highest BCUT2D eigenvalue weighted by atomic mass is 16.3. The normalized spacial score (nSPS) is 17.7. The molecule has 1 saturated heterocycles. The van der Waals surface area contributed by atoms with Gasteiger partial charge in [-0.05, 0) is 18.4 Å². The molecule has 5 rings (SSSR count). The fourth-order valence-electron chi connectivity index (χ4n) is 4.42. The van der Waals surface area contributed by atoms with Crippen molar-refractivity contribution in [2.45, 2.75) is 25.4 Å². The highest BCUT2D eigenvalue weighted by Gasteiger charge is 2.45. The van der Waals surface area contributed by atoms with E-state index < -0.39 is 23.3 Å². The Kier molecular flexibility index (Phi) is 4.36. The van der Waals surface area contributed by atoms with Crippen molar-refractivity contribution in [2.24, 2.45) is 0 Å². The lowest BCUT2D eigenvalue weighted by molar-refractivity contribution is 0.0496. The van der Waals surface area contributed by atoms with Crippen LogP contribution in [0.2, 0.25) is 0 Å². The molecular weight excluding hydrogens is 384 g/mol. The summed E-state index contributed by atoms with van der Waals surface area (Å²) in [6.07, 6.45) is 3.98. The van der Waals surface area contributed by atoms with Gasteiger partial charge in [0, 0.05) is 38.1 Å². The zero-order chi connectivity index (χ0) is 20.8. The quantitative estimate of drug-likeness (QED) is 0.509. The molecule has 2 aliphatic heterocycles. The largest absolute Gasteiger partial charge is 0.505 e. The Morgan fingerprint density at radius 1 is 0.867 bits per heavy atom. The van der Waals surface area contributed by atoms with Gasteiger partial charge in [0.05, 0.1) is 0 Å². The minimum absolute atomic E-state index is 0.00873. The zero-order valence-electron chi connectivity index (χ0n) is 16.2. The van der Waals surface area contributed by atoms with Crippen molar-refractivity contribution < 1.29 is 19.8 Å². The molecule has 30 heavy (non-hydrogen) atoms. The molecule has 1 aromatic heterocycles. The standard InChI is InChI=1S/C22H20N4O4/c27-19-15-16(20(28)18-17(19)23-8-9-24-18)22(30)26(21(15)29)14-6-10-25(11-7-14)12-13-4-2-1-3-5-13/h1-5,8-9,14,27-28H,6-7,10-12H2. The van der Waals surface area contributed by atoms with Gasteiger partial charge < -0.3 is 10.2 Å². The number of hydrogen-bond acceptors (Lipinski definition) is 7. The summed E-state index contributed by atoms with van der Waals surface area (Å²) >= 11 is 0. The van der Waals surface area contributed by atoms with Gasteiger partial charge in [-0.25, -0.2) is 9.97 Å². The second-order valence-electron chi connectivity index (χ2n) is 7.67. The number of aromatic hydroxyl groups is 2. The van der Waals surface area contributed by atoms with Crippen molar-refractivity contribution in [3.05, 3.63) is 59.4 Å². The predicted octanol–water partition coefficient (Wildman–Crippen LogP) is 2.30. The molecule has 3 aromatic rings. The van der Waals surface area contributed by atoms with E-state index in [0.717, 1.165) is 19.6 Å². The van der Waals surface area contributed by atoms with E-state index in [9.17, 15) is 19.8 Å². The first-order valence-electron chi connectivity index (χ1n) is 9.89. The first-order valence-corrected chi connectivity index (χ1v) is 9.89. The lowest BCUT2D eigenvalue weighted by atomic mass is 10.0. The number of phenolic OH excluding ortho intramolecular Hbond substituents is 2. The maximum Gasteiger partial charge on any atom is 0.265 e. The number of rotatable bonds is 3. The fourth-order valence-corrected chi connectivity index (χ4v) is 4.42. The van der Waals surface area contributed by atoms with Gasteiger partial charge in [0.1, 0.15) is 22.2 Å². The molecule has 0 aliphatic carbocycles. The number of nitrogens with zero attached hydrogens (tertiary/aromatic N) is 4. The first-order chi connectivity index (χ1) is 14.6. The second-order valence-corrected chi connectivity index (χ2v) is 7.67. The topological polar surface area (TPSA) is 107 Å². The number of carbonyl (C=O) groups excluding carboxylic acids is 2. The maximum atomic E-state index is 13.1. The van der Waals surface area contributed by atoms with Crippen molar-refractivity contribution in [2.75, 3.05) is 13.1 Å². The Bertz CT molecular complexity index is 1100. The molecule has 0 radical (unpaired) electrons. The van der Waals surface area contributed by atoms with Crippen LogP contribution in [-0.4, -0.2) is 60.9 Å². The number of piperidine rings is 1. The summed E-state index contributed by atoms with van der Waals surface area (Å²) in [5.41, 5.74) is 0.872. The summed E-state index contributed by atoms with van der Waals surface area (Å²) in [5.74, 6) is -1.99. The average molecular weight is 404 g/mol. The van der Waals surface area contributed by atoms with Gasteiger partial charge in [-0.2, -0.15) is 0 Å². The number of fused-ring (bicyclic) bond motifs is 2. The molecule has 3 heterocycles. The third-order valence-corrected chi connectivity index (χ3v) is 5.91. The molecule has 2 N–H and O–H groups in total. The van der Waals surface area contributed by atoms with Crippen molar-refractivity contribution in [1.82, 2.24) is 19.8 Å². The molecule has 0 spiro atoms. The molecule has 2 amide bonds. The molecule has 0 saturated carbocycles. The number of aromatic nitrogens is 2. The smallest absolute Gasteiger partial charge is 0.265 e. The molecule has 8 heteroatoms. The minimum Gasteiger partial charge on any atom is -0.505 e. The summed E-state index contributed by atoms with van der Waals surface area (Å²) in [4.78, 5) is 37.6. The molecule has 0 atom stereocenters. The van der Waals surface area contributed by atoms with Crippen LogP contribution in [0.25, 0.3) is 11.0 Å². The molecule has 0 bridgehead atoms. The van der Waals surface area contributed by atoms with E-state index in [-0.39, 0.29) is 28.2 Å². The molecule has 2 aromatic carbocycles. The van der Waals surface area contributed by atoms with Crippen LogP contribution in [-0.2, 0) is 6.54 Å².